The smallest absolute Gasteiger partial charge is 0.191 e. The van der Waals surface area contributed by atoms with Gasteiger partial charge in [0, 0.05) is 19.0 Å². The molecule has 2 heterocycles. The van der Waals surface area contributed by atoms with Gasteiger partial charge in [0.05, 0.1) is 12.2 Å². The van der Waals surface area contributed by atoms with E-state index < -0.39 is 0 Å². The predicted molar refractivity (Wildman–Crippen MR) is 67.4 cm³/mol. The summed E-state index contributed by atoms with van der Waals surface area (Å²) in [6, 6.07) is 4.00. The second-order valence-electron chi connectivity index (χ2n) is 3.72. The van der Waals surface area contributed by atoms with Crippen molar-refractivity contribution in [3.8, 4) is 0 Å². The molecule has 0 saturated carbocycles. The number of nitrogens with zero attached hydrogens (tertiary/aromatic N) is 4. The van der Waals surface area contributed by atoms with Gasteiger partial charge >= 0.3 is 0 Å². The predicted octanol–water partition coefficient (Wildman–Crippen LogP) is 1.27. The Kier molecular flexibility index (Phi) is 3.75. The van der Waals surface area contributed by atoms with Crippen molar-refractivity contribution < 1.29 is 0 Å². The topological polar surface area (TPSA) is 69.6 Å². The fraction of sp³-hybridized carbons (Fsp3) is 0.364. The standard InChI is InChI=1S/C11H15N5S/c1-8-4-3-5-13-9(8)7-17-11-15-14-10(6-12)16(11)2/h3-5H,6-7,12H2,1-2H3. The Labute approximate surface area is 104 Å². The molecule has 5 nitrogen and oxygen atoms in total. The molecule has 0 aliphatic carbocycles. The van der Waals surface area contributed by atoms with Crippen molar-refractivity contribution in [3.05, 3.63) is 35.4 Å². The van der Waals surface area contributed by atoms with Crippen LogP contribution < -0.4 is 5.73 Å². The molecule has 90 valence electrons. The van der Waals surface area contributed by atoms with E-state index in [1.54, 1.807) is 11.8 Å². The first-order valence-electron chi connectivity index (χ1n) is 5.34. The van der Waals surface area contributed by atoms with Gasteiger partial charge in [0.25, 0.3) is 0 Å². The Hall–Kier alpha value is -1.40. The van der Waals surface area contributed by atoms with Crippen molar-refractivity contribution >= 4 is 11.8 Å². The molecule has 0 atom stereocenters. The molecule has 0 radical (unpaired) electrons. The fourth-order valence-electron chi connectivity index (χ4n) is 1.45. The van der Waals surface area contributed by atoms with Gasteiger partial charge in [-0.2, -0.15) is 0 Å². The zero-order chi connectivity index (χ0) is 12.3. The number of nitrogens with two attached hydrogens (primary N) is 1. The molecule has 0 amide bonds. The van der Waals surface area contributed by atoms with Crippen LogP contribution in [0.3, 0.4) is 0 Å². The van der Waals surface area contributed by atoms with Gasteiger partial charge < -0.3 is 10.3 Å². The summed E-state index contributed by atoms with van der Waals surface area (Å²) in [5.74, 6) is 1.59. The maximum absolute atomic E-state index is 5.55. The normalized spacial score (nSPS) is 10.8. The molecule has 0 unspecified atom stereocenters. The van der Waals surface area contributed by atoms with Crippen LogP contribution in [0.25, 0.3) is 0 Å². The molecule has 2 aromatic rings. The minimum absolute atomic E-state index is 0.409. The molecule has 0 aliphatic rings. The second kappa shape index (κ2) is 5.29. The lowest BCUT2D eigenvalue weighted by Gasteiger charge is -2.04. The molecular formula is C11H15N5S. The summed E-state index contributed by atoms with van der Waals surface area (Å²) >= 11 is 1.62. The van der Waals surface area contributed by atoms with Crippen molar-refractivity contribution in [2.24, 2.45) is 12.8 Å². The molecule has 0 saturated heterocycles. The molecule has 0 spiro atoms. The van der Waals surface area contributed by atoms with Gasteiger partial charge in [-0.25, -0.2) is 0 Å². The van der Waals surface area contributed by atoms with Crippen LogP contribution in [-0.4, -0.2) is 19.7 Å². The van der Waals surface area contributed by atoms with Gasteiger partial charge in [0.15, 0.2) is 5.16 Å². The van der Waals surface area contributed by atoms with Crippen LogP contribution in [0, 0.1) is 6.92 Å². The Balaban J connectivity index is 2.07. The van der Waals surface area contributed by atoms with E-state index in [4.69, 9.17) is 5.73 Å². The van der Waals surface area contributed by atoms with Gasteiger partial charge in [-0.05, 0) is 18.6 Å². The highest BCUT2D eigenvalue weighted by molar-refractivity contribution is 7.98. The van der Waals surface area contributed by atoms with Crippen LogP contribution in [0.5, 0.6) is 0 Å². The van der Waals surface area contributed by atoms with Crippen molar-refractivity contribution in [1.29, 1.82) is 0 Å². The lowest BCUT2D eigenvalue weighted by molar-refractivity contribution is 0.734. The summed E-state index contributed by atoms with van der Waals surface area (Å²) < 4.78 is 1.92. The number of rotatable bonds is 4. The average Bonchev–Trinajstić information content (AvgIpc) is 2.69. The third-order valence-corrected chi connectivity index (χ3v) is 3.59. The van der Waals surface area contributed by atoms with Gasteiger partial charge in [-0.3, -0.25) is 4.98 Å². The minimum atomic E-state index is 0.409. The quantitative estimate of drug-likeness (QED) is 0.826. The van der Waals surface area contributed by atoms with Gasteiger partial charge in [-0.1, -0.05) is 17.8 Å². The van der Waals surface area contributed by atoms with Crippen LogP contribution in [0.1, 0.15) is 17.1 Å². The minimum Gasteiger partial charge on any atom is -0.324 e. The van der Waals surface area contributed by atoms with E-state index in [0.29, 0.717) is 6.54 Å². The molecule has 6 heteroatoms. The first kappa shape index (κ1) is 12.1. The van der Waals surface area contributed by atoms with E-state index in [1.165, 1.54) is 5.56 Å². The number of aryl methyl sites for hydroxylation is 1. The third-order valence-electron chi connectivity index (χ3n) is 2.56. The SMILES string of the molecule is Cc1cccnc1CSc1nnc(CN)n1C. The summed E-state index contributed by atoms with van der Waals surface area (Å²) in [4.78, 5) is 4.35. The number of hydrogen-bond acceptors (Lipinski definition) is 5. The molecule has 2 rings (SSSR count). The summed E-state index contributed by atoms with van der Waals surface area (Å²) in [6.45, 7) is 2.47. The van der Waals surface area contributed by atoms with E-state index in [1.807, 2.05) is 23.9 Å². The molecule has 0 bridgehead atoms. The fourth-order valence-corrected chi connectivity index (χ4v) is 2.42. The number of thioether (sulfide) groups is 1. The zero-order valence-electron chi connectivity index (χ0n) is 9.92. The largest absolute Gasteiger partial charge is 0.324 e. The Morgan fingerprint density at radius 2 is 2.24 bits per heavy atom. The first-order chi connectivity index (χ1) is 8.22. The number of pyridine rings is 1. The Morgan fingerprint density at radius 1 is 1.41 bits per heavy atom. The van der Waals surface area contributed by atoms with E-state index in [0.717, 1.165) is 22.4 Å². The van der Waals surface area contributed by atoms with Crippen LogP contribution in [0.4, 0.5) is 0 Å². The molecule has 0 fully saturated rings. The maximum Gasteiger partial charge on any atom is 0.191 e. The summed E-state index contributed by atoms with van der Waals surface area (Å²) in [6.07, 6.45) is 1.81. The van der Waals surface area contributed by atoms with Gasteiger partial charge in [0.2, 0.25) is 0 Å². The maximum atomic E-state index is 5.55. The highest BCUT2D eigenvalue weighted by Crippen LogP contribution is 2.21. The van der Waals surface area contributed by atoms with Gasteiger partial charge in [0.1, 0.15) is 5.82 Å². The lowest BCUT2D eigenvalue weighted by Crippen LogP contribution is -2.05. The summed E-state index contributed by atoms with van der Waals surface area (Å²) in [5.41, 5.74) is 7.82. The van der Waals surface area contributed by atoms with Crippen molar-refractivity contribution in [2.45, 2.75) is 24.4 Å². The van der Waals surface area contributed by atoms with Crippen molar-refractivity contribution in [3.63, 3.8) is 0 Å². The summed E-state index contributed by atoms with van der Waals surface area (Å²) in [5, 5.41) is 8.99. The van der Waals surface area contributed by atoms with Crippen LogP contribution in [0.2, 0.25) is 0 Å². The van der Waals surface area contributed by atoms with Crippen molar-refractivity contribution in [2.75, 3.05) is 0 Å². The molecular weight excluding hydrogens is 234 g/mol. The highest BCUT2D eigenvalue weighted by atomic mass is 32.2. The monoisotopic (exact) mass is 249 g/mol. The molecule has 2 N–H and O–H groups in total. The second-order valence-corrected chi connectivity index (χ2v) is 4.66. The zero-order valence-corrected chi connectivity index (χ0v) is 10.7. The lowest BCUT2D eigenvalue weighted by atomic mass is 10.2. The van der Waals surface area contributed by atoms with E-state index in [2.05, 4.69) is 28.2 Å². The van der Waals surface area contributed by atoms with E-state index >= 15 is 0 Å². The van der Waals surface area contributed by atoms with Gasteiger partial charge in [-0.15, -0.1) is 10.2 Å². The molecule has 0 aromatic carbocycles. The van der Waals surface area contributed by atoms with E-state index in [-0.39, 0.29) is 0 Å². The van der Waals surface area contributed by atoms with Crippen LogP contribution >= 0.6 is 11.8 Å². The van der Waals surface area contributed by atoms with Crippen LogP contribution in [-0.2, 0) is 19.3 Å². The first-order valence-corrected chi connectivity index (χ1v) is 6.32. The average molecular weight is 249 g/mol. The molecule has 0 aliphatic heterocycles. The van der Waals surface area contributed by atoms with E-state index in [9.17, 15) is 0 Å². The number of hydrogen-bond donors (Lipinski definition) is 1. The Bertz CT molecular complexity index is 508. The third kappa shape index (κ3) is 2.65. The molecule has 2 aromatic heterocycles. The Morgan fingerprint density at radius 3 is 2.88 bits per heavy atom. The molecule has 17 heavy (non-hydrogen) atoms. The van der Waals surface area contributed by atoms with Crippen LogP contribution in [0.15, 0.2) is 23.5 Å². The summed E-state index contributed by atoms with van der Waals surface area (Å²) in [7, 11) is 1.93. The van der Waals surface area contributed by atoms with Crippen molar-refractivity contribution in [1.82, 2.24) is 19.7 Å². The number of aromatic nitrogens is 4. The highest BCUT2D eigenvalue weighted by Gasteiger charge is 2.08.